The SMILES string of the molecule is CCN(CC)CCCC(=S)Cc1ccc2cc(N3CCN(CC4CCCCC4)CC3)cc(C)c2c1. The molecule has 3 nitrogen and oxygen atoms in total. The van der Waals surface area contributed by atoms with Crippen molar-refractivity contribution in [3.63, 3.8) is 0 Å². The van der Waals surface area contributed by atoms with Gasteiger partial charge in [0.2, 0.25) is 0 Å². The third-order valence-electron chi connectivity index (χ3n) is 8.41. The smallest absolute Gasteiger partial charge is 0.0376 e. The normalized spacial score (nSPS) is 18.0. The minimum atomic E-state index is 0.924. The van der Waals surface area contributed by atoms with Gasteiger partial charge >= 0.3 is 0 Å². The zero-order valence-corrected chi connectivity index (χ0v) is 23.3. The molecule has 2 aromatic carbocycles. The second-order valence-electron chi connectivity index (χ2n) is 11.0. The summed E-state index contributed by atoms with van der Waals surface area (Å²) < 4.78 is 0. The summed E-state index contributed by atoms with van der Waals surface area (Å²) in [5, 5.41) is 2.74. The van der Waals surface area contributed by atoms with Gasteiger partial charge in [-0.3, -0.25) is 4.90 Å². The molecule has 2 aromatic rings. The zero-order valence-electron chi connectivity index (χ0n) is 22.5. The maximum absolute atomic E-state index is 5.75. The predicted molar refractivity (Wildman–Crippen MR) is 157 cm³/mol. The molecule has 0 atom stereocenters. The van der Waals surface area contributed by atoms with Gasteiger partial charge in [-0.05, 0) is 97.1 Å². The van der Waals surface area contributed by atoms with Crippen LogP contribution in [0.3, 0.4) is 0 Å². The molecule has 192 valence electrons. The highest BCUT2D eigenvalue weighted by Crippen LogP contribution is 2.29. The van der Waals surface area contributed by atoms with E-state index >= 15 is 0 Å². The Kier molecular flexibility index (Phi) is 10.00. The third kappa shape index (κ3) is 7.50. The molecule has 0 amide bonds. The van der Waals surface area contributed by atoms with Crippen LogP contribution in [0.4, 0.5) is 5.69 Å². The van der Waals surface area contributed by atoms with Crippen molar-refractivity contribution < 1.29 is 0 Å². The monoisotopic (exact) mass is 493 g/mol. The lowest BCUT2D eigenvalue weighted by Crippen LogP contribution is -2.48. The lowest BCUT2D eigenvalue weighted by atomic mass is 9.89. The van der Waals surface area contributed by atoms with Crippen molar-refractivity contribution in [1.82, 2.24) is 9.80 Å². The number of hydrogen-bond donors (Lipinski definition) is 0. The number of rotatable bonds is 11. The Bertz CT molecular complexity index is 953. The molecule has 1 saturated heterocycles. The number of thiocarbonyl (C=S) groups is 1. The molecule has 1 aliphatic carbocycles. The fraction of sp³-hybridized carbons (Fsp3) is 0.645. The average Bonchev–Trinajstić information content (AvgIpc) is 2.88. The van der Waals surface area contributed by atoms with Crippen molar-refractivity contribution in [3.05, 3.63) is 41.5 Å². The number of fused-ring (bicyclic) bond motifs is 1. The van der Waals surface area contributed by atoms with Crippen LogP contribution in [-0.4, -0.2) is 67.0 Å². The van der Waals surface area contributed by atoms with Crippen molar-refractivity contribution in [2.75, 3.05) is 57.3 Å². The van der Waals surface area contributed by atoms with Gasteiger partial charge in [-0.15, -0.1) is 0 Å². The number of anilines is 1. The van der Waals surface area contributed by atoms with Gasteiger partial charge in [0, 0.05) is 44.8 Å². The molecule has 0 N–H and O–H groups in total. The van der Waals surface area contributed by atoms with Crippen LogP contribution in [0.1, 0.15) is 69.9 Å². The van der Waals surface area contributed by atoms with Crippen LogP contribution in [0.15, 0.2) is 30.3 Å². The first-order valence-corrected chi connectivity index (χ1v) is 14.7. The number of hydrogen-bond acceptors (Lipinski definition) is 4. The van der Waals surface area contributed by atoms with E-state index in [1.165, 1.54) is 90.6 Å². The molecule has 4 heteroatoms. The van der Waals surface area contributed by atoms with Gasteiger partial charge in [0.15, 0.2) is 0 Å². The van der Waals surface area contributed by atoms with Gasteiger partial charge < -0.3 is 9.80 Å². The number of nitrogens with zero attached hydrogens (tertiary/aromatic N) is 3. The Labute approximate surface area is 219 Å². The van der Waals surface area contributed by atoms with E-state index in [2.05, 4.69) is 65.8 Å². The standard InChI is InChI=1S/C31H47N3S/c1-4-32(5-2)15-9-12-30(35)21-27-13-14-28-23-29(20-25(3)31(28)22-27)34-18-16-33(17-19-34)24-26-10-7-6-8-11-26/h13-14,20,22-23,26H,4-12,15-19,21,24H2,1-3H3. The van der Waals surface area contributed by atoms with E-state index < -0.39 is 0 Å². The highest BCUT2D eigenvalue weighted by Gasteiger charge is 2.22. The molecular formula is C31H47N3S. The summed E-state index contributed by atoms with van der Waals surface area (Å²) in [5.41, 5.74) is 4.14. The van der Waals surface area contributed by atoms with Crippen molar-refractivity contribution in [3.8, 4) is 0 Å². The quantitative estimate of drug-likeness (QED) is 0.315. The van der Waals surface area contributed by atoms with Crippen LogP contribution in [-0.2, 0) is 6.42 Å². The van der Waals surface area contributed by atoms with Crippen LogP contribution in [0.2, 0.25) is 0 Å². The highest BCUT2D eigenvalue weighted by atomic mass is 32.1. The van der Waals surface area contributed by atoms with Crippen LogP contribution >= 0.6 is 12.2 Å². The second-order valence-corrected chi connectivity index (χ2v) is 11.5. The van der Waals surface area contributed by atoms with Crippen LogP contribution in [0, 0.1) is 12.8 Å². The first-order valence-electron chi connectivity index (χ1n) is 14.3. The average molecular weight is 494 g/mol. The highest BCUT2D eigenvalue weighted by molar-refractivity contribution is 7.80. The van der Waals surface area contributed by atoms with E-state index in [-0.39, 0.29) is 0 Å². The maximum Gasteiger partial charge on any atom is 0.0376 e. The minimum absolute atomic E-state index is 0.924. The number of aryl methyl sites for hydroxylation is 1. The Morgan fingerprint density at radius 1 is 0.971 bits per heavy atom. The molecule has 2 fully saturated rings. The van der Waals surface area contributed by atoms with Crippen molar-refractivity contribution in [1.29, 1.82) is 0 Å². The van der Waals surface area contributed by atoms with Crippen LogP contribution < -0.4 is 4.90 Å². The molecule has 1 aliphatic heterocycles. The largest absolute Gasteiger partial charge is 0.369 e. The predicted octanol–water partition coefficient (Wildman–Crippen LogP) is 6.88. The Morgan fingerprint density at radius 3 is 2.43 bits per heavy atom. The summed E-state index contributed by atoms with van der Waals surface area (Å²) in [7, 11) is 0. The summed E-state index contributed by atoms with van der Waals surface area (Å²) in [4.78, 5) is 8.99. The maximum atomic E-state index is 5.75. The Morgan fingerprint density at radius 2 is 1.71 bits per heavy atom. The Balaban J connectivity index is 1.32. The minimum Gasteiger partial charge on any atom is -0.369 e. The fourth-order valence-corrected chi connectivity index (χ4v) is 6.45. The van der Waals surface area contributed by atoms with Gasteiger partial charge in [0.25, 0.3) is 0 Å². The van der Waals surface area contributed by atoms with E-state index in [4.69, 9.17) is 12.2 Å². The summed E-state index contributed by atoms with van der Waals surface area (Å²) in [5.74, 6) is 0.947. The number of benzene rings is 2. The van der Waals surface area contributed by atoms with Gasteiger partial charge in [0.05, 0.1) is 0 Å². The second kappa shape index (κ2) is 13.2. The van der Waals surface area contributed by atoms with Crippen molar-refractivity contribution >= 4 is 33.5 Å². The lowest BCUT2D eigenvalue weighted by molar-refractivity contribution is 0.192. The molecule has 4 rings (SSSR count). The number of piperazine rings is 1. The first-order chi connectivity index (χ1) is 17.1. The van der Waals surface area contributed by atoms with Gasteiger partial charge in [-0.2, -0.15) is 0 Å². The zero-order chi connectivity index (χ0) is 24.6. The summed E-state index contributed by atoms with van der Waals surface area (Å²) in [6.07, 6.45) is 10.4. The van der Waals surface area contributed by atoms with E-state index in [0.29, 0.717) is 0 Å². The molecule has 1 heterocycles. The molecule has 0 unspecified atom stereocenters. The molecule has 0 bridgehead atoms. The van der Waals surface area contributed by atoms with Gasteiger partial charge in [-0.25, -0.2) is 0 Å². The first kappa shape index (κ1) is 26.6. The third-order valence-corrected chi connectivity index (χ3v) is 8.76. The summed E-state index contributed by atoms with van der Waals surface area (Å²) in [6, 6.07) is 11.8. The molecule has 0 radical (unpaired) electrons. The van der Waals surface area contributed by atoms with E-state index in [0.717, 1.165) is 51.5 Å². The van der Waals surface area contributed by atoms with E-state index in [9.17, 15) is 0 Å². The summed E-state index contributed by atoms with van der Waals surface area (Å²) >= 11 is 5.75. The van der Waals surface area contributed by atoms with E-state index in [1.807, 2.05) is 0 Å². The Hall–Kier alpha value is -1.49. The van der Waals surface area contributed by atoms with Gasteiger partial charge in [-0.1, -0.05) is 63.5 Å². The molecular weight excluding hydrogens is 446 g/mol. The van der Waals surface area contributed by atoms with Crippen LogP contribution in [0.5, 0.6) is 0 Å². The van der Waals surface area contributed by atoms with Crippen molar-refractivity contribution in [2.24, 2.45) is 5.92 Å². The van der Waals surface area contributed by atoms with Crippen molar-refractivity contribution in [2.45, 2.75) is 72.1 Å². The van der Waals surface area contributed by atoms with E-state index in [1.54, 1.807) is 0 Å². The van der Waals surface area contributed by atoms with Gasteiger partial charge in [0.1, 0.15) is 0 Å². The molecule has 0 spiro atoms. The molecule has 0 aromatic heterocycles. The lowest BCUT2D eigenvalue weighted by Gasteiger charge is -2.38. The molecule has 35 heavy (non-hydrogen) atoms. The fourth-order valence-electron chi connectivity index (χ4n) is 6.14. The molecule has 1 saturated carbocycles. The topological polar surface area (TPSA) is 9.72 Å². The summed E-state index contributed by atoms with van der Waals surface area (Å²) in [6.45, 7) is 16.2. The molecule has 2 aliphatic rings. The van der Waals surface area contributed by atoms with Crippen LogP contribution in [0.25, 0.3) is 10.8 Å².